The maximum absolute atomic E-state index is 11.0. The molecule has 0 saturated carbocycles. The van der Waals surface area contributed by atoms with Crippen LogP contribution in [0.4, 0.5) is 5.69 Å². The van der Waals surface area contributed by atoms with E-state index in [-0.39, 0.29) is 11.0 Å². The van der Waals surface area contributed by atoms with Crippen molar-refractivity contribution in [3.05, 3.63) is 29.8 Å². The van der Waals surface area contributed by atoms with Crippen molar-refractivity contribution >= 4 is 11.6 Å². The Bertz CT molecular complexity index is 413. The molecule has 3 heteroatoms. The summed E-state index contributed by atoms with van der Waals surface area (Å²) in [5, 5.41) is 3.49. The van der Waals surface area contributed by atoms with E-state index in [0.717, 1.165) is 12.1 Å². The second-order valence-corrected chi connectivity index (χ2v) is 6.69. The molecule has 0 saturated heterocycles. The van der Waals surface area contributed by atoms with Crippen molar-refractivity contribution in [1.82, 2.24) is 0 Å². The van der Waals surface area contributed by atoms with Crippen molar-refractivity contribution in [2.24, 2.45) is 11.1 Å². The van der Waals surface area contributed by atoms with Crippen LogP contribution < -0.4 is 11.1 Å². The lowest BCUT2D eigenvalue weighted by atomic mass is 9.81. The highest BCUT2D eigenvalue weighted by Crippen LogP contribution is 2.29. The molecule has 0 spiro atoms. The van der Waals surface area contributed by atoms with Gasteiger partial charge in [0.2, 0.25) is 5.91 Å². The Morgan fingerprint density at radius 1 is 1.11 bits per heavy atom. The molecule has 0 aliphatic heterocycles. The van der Waals surface area contributed by atoms with E-state index < -0.39 is 5.91 Å². The van der Waals surface area contributed by atoms with E-state index in [0.29, 0.717) is 5.56 Å². The van der Waals surface area contributed by atoms with Gasteiger partial charge in [-0.05, 0) is 49.9 Å². The average molecular weight is 248 g/mol. The summed E-state index contributed by atoms with van der Waals surface area (Å²) in [5.41, 5.74) is 7.03. The topological polar surface area (TPSA) is 55.1 Å². The van der Waals surface area contributed by atoms with Crippen molar-refractivity contribution in [3.63, 3.8) is 0 Å². The Balaban J connectivity index is 2.75. The maximum atomic E-state index is 11.0. The first kappa shape index (κ1) is 14.6. The number of benzene rings is 1. The van der Waals surface area contributed by atoms with Crippen LogP contribution in [-0.2, 0) is 0 Å². The lowest BCUT2D eigenvalue weighted by Gasteiger charge is -2.34. The molecule has 100 valence electrons. The SMILES string of the molecule is CC(C)(C)CC(C)(C)Nc1ccc(C(N)=O)cc1. The number of anilines is 1. The minimum Gasteiger partial charge on any atom is -0.380 e. The zero-order valence-corrected chi connectivity index (χ0v) is 12.0. The fourth-order valence-electron chi connectivity index (χ4n) is 2.48. The van der Waals surface area contributed by atoms with E-state index >= 15 is 0 Å². The minimum atomic E-state index is -0.393. The zero-order valence-electron chi connectivity index (χ0n) is 12.0. The van der Waals surface area contributed by atoms with Crippen LogP contribution in [0.5, 0.6) is 0 Å². The number of amides is 1. The smallest absolute Gasteiger partial charge is 0.248 e. The third-order valence-corrected chi connectivity index (χ3v) is 2.62. The number of rotatable bonds is 4. The van der Waals surface area contributed by atoms with Gasteiger partial charge in [0.25, 0.3) is 0 Å². The molecule has 0 atom stereocenters. The average Bonchev–Trinajstić information content (AvgIpc) is 2.13. The molecule has 0 fully saturated rings. The van der Waals surface area contributed by atoms with Crippen LogP contribution in [0.2, 0.25) is 0 Å². The highest BCUT2D eigenvalue weighted by atomic mass is 16.1. The molecule has 1 aromatic rings. The minimum absolute atomic E-state index is 0.00644. The quantitative estimate of drug-likeness (QED) is 0.858. The van der Waals surface area contributed by atoms with Crippen molar-refractivity contribution in [2.75, 3.05) is 5.32 Å². The second kappa shape index (κ2) is 5.01. The normalized spacial score (nSPS) is 12.3. The van der Waals surface area contributed by atoms with Gasteiger partial charge in [-0.15, -0.1) is 0 Å². The number of nitrogens with one attached hydrogen (secondary N) is 1. The van der Waals surface area contributed by atoms with Gasteiger partial charge in [-0.25, -0.2) is 0 Å². The Morgan fingerprint density at radius 3 is 2.00 bits per heavy atom. The van der Waals surface area contributed by atoms with Gasteiger partial charge in [-0.1, -0.05) is 20.8 Å². The van der Waals surface area contributed by atoms with Crippen LogP contribution >= 0.6 is 0 Å². The lowest BCUT2D eigenvalue weighted by molar-refractivity contribution is 0.100. The monoisotopic (exact) mass is 248 g/mol. The zero-order chi connectivity index (χ0) is 14.0. The number of carbonyl (C=O) groups excluding carboxylic acids is 1. The first-order chi connectivity index (χ1) is 8.09. The number of nitrogens with two attached hydrogens (primary N) is 1. The molecule has 0 aromatic heterocycles. The molecule has 0 heterocycles. The third kappa shape index (κ3) is 4.78. The van der Waals surface area contributed by atoms with Gasteiger partial charge in [-0.3, -0.25) is 4.79 Å². The Kier molecular flexibility index (Phi) is 4.05. The molecule has 0 unspecified atom stereocenters. The fourth-order valence-corrected chi connectivity index (χ4v) is 2.48. The summed E-state index contributed by atoms with van der Waals surface area (Å²) >= 11 is 0. The van der Waals surface area contributed by atoms with Crippen LogP contribution in [0.3, 0.4) is 0 Å². The van der Waals surface area contributed by atoms with Gasteiger partial charge in [0, 0.05) is 16.8 Å². The van der Waals surface area contributed by atoms with E-state index in [2.05, 4.69) is 39.9 Å². The highest BCUT2D eigenvalue weighted by molar-refractivity contribution is 5.93. The van der Waals surface area contributed by atoms with Crippen LogP contribution in [0, 0.1) is 5.41 Å². The summed E-state index contributed by atoms with van der Waals surface area (Å²) in [7, 11) is 0. The predicted molar refractivity (Wildman–Crippen MR) is 76.7 cm³/mol. The van der Waals surface area contributed by atoms with Gasteiger partial charge in [0.1, 0.15) is 0 Å². The summed E-state index contributed by atoms with van der Waals surface area (Å²) in [6.07, 6.45) is 1.05. The number of hydrogen-bond donors (Lipinski definition) is 2. The van der Waals surface area contributed by atoms with E-state index in [4.69, 9.17) is 5.73 Å². The summed E-state index contributed by atoms with van der Waals surface area (Å²) in [5.74, 6) is -0.393. The fraction of sp³-hybridized carbons (Fsp3) is 0.533. The summed E-state index contributed by atoms with van der Waals surface area (Å²) in [6.45, 7) is 11.0. The van der Waals surface area contributed by atoms with Gasteiger partial charge in [0.05, 0.1) is 0 Å². The molecule has 0 radical (unpaired) electrons. The largest absolute Gasteiger partial charge is 0.380 e. The van der Waals surface area contributed by atoms with Crippen molar-refractivity contribution in [3.8, 4) is 0 Å². The summed E-state index contributed by atoms with van der Waals surface area (Å²) in [4.78, 5) is 11.0. The Hall–Kier alpha value is -1.51. The standard InChI is InChI=1S/C15H24N2O/c1-14(2,3)10-15(4,5)17-12-8-6-11(7-9-12)13(16)18/h6-9,17H,10H2,1-5H3,(H2,16,18). The summed E-state index contributed by atoms with van der Waals surface area (Å²) in [6, 6.07) is 7.28. The van der Waals surface area contributed by atoms with Gasteiger partial charge in [-0.2, -0.15) is 0 Å². The molecule has 3 N–H and O–H groups in total. The number of hydrogen-bond acceptors (Lipinski definition) is 2. The molecule has 0 aliphatic rings. The van der Waals surface area contributed by atoms with Crippen LogP contribution in [0.1, 0.15) is 51.4 Å². The number of carbonyl (C=O) groups is 1. The third-order valence-electron chi connectivity index (χ3n) is 2.62. The highest BCUT2D eigenvalue weighted by Gasteiger charge is 2.25. The molecule has 0 aliphatic carbocycles. The summed E-state index contributed by atoms with van der Waals surface area (Å²) < 4.78 is 0. The van der Waals surface area contributed by atoms with E-state index in [1.54, 1.807) is 12.1 Å². The van der Waals surface area contributed by atoms with Gasteiger partial charge in [0.15, 0.2) is 0 Å². The Morgan fingerprint density at radius 2 is 1.61 bits per heavy atom. The van der Waals surface area contributed by atoms with E-state index in [1.165, 1.54) is 0 Å². The maximum Gasteiger partial charge on any atom is 0.248 e. The van der Waals surface area contributed by atoms with E-state index in [1.807, 2.05) is 12.1 Å². The van der Waals surface area contributed by atoms with E-state index in [9.17, 15) is 4.79 Å². The molecule has 18 heavy (non-hydrogen) atoms. The molecule has 1 aromatic carbocycles. The van der Waals surface area contributed by atoms with Gasteiger partial charge < -0.3 is 11.1 Å². The Labute approximate surface area is 110 Å². The van der Waals surface area contributed by atoms with Crippen LogP contribution in [-0.4, -0.2) is 11.4 Å². The van der Waals surface area contributed by atoms with Crippen molar-refractivity contribution in [1.29, 1.82) is 0 Å². The molecule has 3 nitrogen and oxygen atoms in total. The van der Waals surface area contributed by atoms with Crippen LogP contribution in [0.15, 0.2) is 24.3 Å². The second-order valence-electron chi connectivity index (χ2n) is 6.69. The first-order valence-corrected chi connectivity index (χ1v) is 6.27. The molecule has 1 amide bonds. The molecular formula is C15H24N2O. The predicted octanol–water partition coefficient (Wildman–Crippen LogP) is 3.41. The van der Waals surface area contributed by atoms with Crippen LogP contribution in [0.25, 0.3) is 0 Å². The molecular weight excluding hydrogens is 224 g/mol. The van der Waals surface area contributed by atoms with Crippen molar-refractivity contribution < 1.29 is 4.79 Å². The molecule has 0 bridgehead atoms. The first-order valence-electron chi connectivity index (χ1n) is 6.27. The lowest BCUT2D eigenvalue weighted by Crippen LogP contribution is -2.35. The number of primary amides is 1. The van der Waals surface area contributed by atoms with Crippen molar-refractivity contribution in [2.45, 2.75) is 46.6 Å². The van der Waals surface area contributed by atoms with Gasteiger partial charge >= 0.3 is 0 Å². The molecule has 1 rings (SSSR count).